The van der Waals surface area contributed by atoms with Gasteiger partial charge in [-0.3, -0.25) is 4.79 Å². The van der Waals surface area contributed by atoms with E-state index in [2.05, 4.69) is 17.2 Å². The second kappa shape index (κ2) is 7.99. The molecule has 0 saturated heterocycles. The van der Waals surface area contributed by atoms with Crippen LogP contribution in [0.15, 0.2) is 59.3 Å². The number of hydrogen-bond acceptors (Lipinski definition) is 4. The van der Waals surface area contributed by atoms with Crippen molar-refractivity contribution >= 4 is 12.0 Å². The highest BCUT2D eigenvalue weighted by atomic mass is 16.5. The average molecular weight is 391 g/mol. The van der Waals surface area contributed by atoms with Crippen LogP contribution in [0.3, 0.4) is 0 Å². The number of aryl methyl sites for hydroxylation is 1. The molecule has 0 spiro atoms. The number of nitrogens with one attached hydrogen (secondary N) is 1. The number of carbonyl (C=O) groups is 1. The summed E-state index contributed by atoms with van der Waals surface area (Å²) in [5.41, 5.74) is 0.842. The Morgan fingerprint density at radius 1 is 1.34 bits per heavy atom. The minimum Gasteiger partial charge on any atom is -0.496 e. The van der Waals surface area contributed by atoms with Crippen molar-refractivity contribution in [2.75, 3.05) is 7.11 Å². The van der Waals surface area contributed by atoms with Crippen LogP contribution in [-0.4, -0.2) is 22.6 Å². The number of para-hydroxylation sites is 1. The lowest BCUT2D eigenvalue weighted by atomic mass is 10.0. The SMILES string of the molecule is COc1ccccc1C(NC(=O)/C=C/c1ccc(C2CC2C)o1)c1nccn1C. The number of hydrogen-bond donors (Lipinski definition) is 1. The Hall–Kier alpha value is -3.28. The zero-order valence-electron chi connectivity index (χ0n) is 16.8. The molecule has 1 aromatic carbocycles. The third-order valence-electron chi connectivity index (χ3n) is 5.37. The van der Waals surface area contributed by atoms with E-state index in [4.69, 9.17) is 9.15 Å². The van der Waals surface area contributed by atoms with Gasteiger partial charge in [0.15, 0.2) is 0 Å². The van der Waals surface area contributed by atoms with Crippen LogP contribution in [0.5, 0.6) is 5.75 Å². The Morgan fingerprint density at radius 2 is 2.14 bits per heavy atom. The van der Waals surface area contributed by atoms with Gasteiger partial charge in [-0.05, 0) is 36.6 Å². The molecule has 1 saturated carbocycles. The monoisotopic (exact) mass is 391 g/mol. The van der Waals surface area contributed by atoms with E-state index < -0.39 is 6.04 Å². The van der Waals surface area contributed by atoms with Crippen molar-refractivity contribution in [3.63, 3.8) is 0 Å². The zero-order chi connectivity index (χ0) is 20.4. The first-order valence-electron chi connectivity index (χ1n) is 9.75. The van der Waals surface area contributed by atoms with Crippen molar-refractivity contribution < 1.29 is 13.9 Å². The number of benzene rings is 1. The van der Waals surface area contributed by atoms with Crippen LogP contribution in [0.4, 0.5) is 0 Å². The Balaban J connectivity index is 1.53. The van der Waals surface area contributed by atoms with Gasteiger partial charge in [0.25, 0.3) is 0 Å². The molecule has 0 radical (unpaired) electrons. The number of methoxy groups -OCH3 is 1. The van der Waals surface area contributed by atoms with Gasteiger partial charge >= 0.3 is 0 Å². The molecular weight excluding hydrogens is 366 g/mol. The number of rotatable bonds is 7. The molecule has 6 heteroatoms. The number of nitrogens with zero attached hydrogens (tertiary/aromatic N) is 2. The fourth-order valence-corrected chi connectivity index (χ4v) is 3.57. The lowest BCUT2D eigenvalue weighted by Crippen LogP contribution is -2.30. The van der Waals surface area contributed by atoms with E-state index in [1.165, 1.54) is 12.5 Å². The van der Waals surface area contributed by atoms with Gasteiger partial charge in [-0.1, -0.05) is 25.1 Å². The lowest BCUT2D eigenvalue weighted by molar-refractivity contribution is -0.117. The van der Waals surface area contributed by atoms with Crippen LogP contribution in [0, 0.1) is 5.92 Å². The van der Waals surface area contributed by atoms with E-state index in [9.17, 15) is 4.79 Å². The third kappa shape index (κ3) is 4.11. The summed E-state index contributed by atoms with van der Waals surface area (Å²) in [6.45, 7) is 2.21. The van der Waals surface area contributed by atoms with Crippen molar-refractivity contribution in [3.8, 4) is 5.75 Å². The maximum Gasteiger partial charge on any atom is 0.244 e. The van der Waals surface area contributed by atoms with Gasteiger partial charge in [0.2, 0.25) is 5.91 Å². The molecule has 3 unspecified atom stereocenters. The number of imidazole rings is 1. The first-order chi connectivity index (χ1) is 14.1. The van der Waals surface area contributed by atoms with Gasteiger partial charge in [0, 0.05) is 37.0 Å². The summed E-state index contributed by atoms with van der Waals surface area (Å²) in [7, 11) is 3.52. The third-order valence-corrected chi connectivity index (χ3v) is 5.37. The highest BCUT2D eigenvalue weighted by Crippen LogP contribution is 2.47. The van der Waals surface area contributed by atoms with Crippen LogP contribution in [0.25, 0.3) is 6.08 Å². The molecule has 0 bridgehead atoms. The van der Waals surface area contributed by atoms with Crippen molar-refractivity contribution in [1.29, 1.82) is 0 Å². The molecule has 3 aromatic rings. The lowest BCUT2D eigenvalue weighted by Gasteiger charge is -2.20. The van der Waals surface area contributed by atoms with Crippen molar-refractivity contribution in [1.82, 2.24) is 14.9 Å². The molecule has 3 atom stereocenters. The Bertz CT molecular complexity index is 1030. The molecule has 150 valence electrons. The maximum absolute atomic E-state index is 12.7. The molecule has 2 aromatic heterocycles. The summed E-state index contributed by atoms with van der Waals surface area (Å²) >= 11 is 0. The molecule has 1 fully saturated rings. The summed E-state index contributed by atoms with van der Waals surface area (Å²) in [6.07, 6.45) is 7.92. The van der Waals surface area contributed by atoms with Gasteiger partial charge in [0.1, 0.15) is 29.1 Å². The van der Waals surface area contributed by atoms with Gasteiger partial charge < -0.3 is 19.0 Å². The fourth-order valence-electron chi connectivity index (χ4n) is 3.57. The number of amides is 1. The molecule has 2 heterocycles. The predicted molar refractivity (Wildman–Crippen MR) is 110 cm³/mol. The van der Waals surface area contributed by atoms with E-state index in [0.29, 0.717) is 23.3 Å². The van der Waals surface area contributed by atoms with Crippen LogP contribution in [0.1, 0.15) is 48.2 Å². The molecule has 1 aliphatic carbocycles. The van der Waals surface area contributed by atoms with Gasteiger partial charge in [-0.15, -0.1) is 0 Å². The van der Waals surface area contributed by atoms with E-state index >= 15 is 0 Å². The Labute approximate surface area is 170 Å². The van der Waals surface area contributed by atoms with Gasteiger partial charge in [-0.25, -0.2) is 4.98 Å². The minimum absolute atomic E-state index is 0.235. The smallest absolute Gasteiger partial charge is 0.244 e. The maximum atomic E-state index is 12.7. The van der Waals surface area contributed by atoms with Crippen molar-refractivity contribution in [3.05, 3.63) is 77.8 Å². The molecule has 4 rings (SSSR count). The van der Waals surface area contributed by atoms with Crippen LogP contribution in [0.2, 0.25) is 0 Å². The molecule has 1 amide bonds. The summed E-state index contributed by atoms with van der Waals surface area (Å²) in [6, 6.07) is 11.1. The minimum atomic E-state index is -0.442. The molecular formula is C23H25N3O3. The zero-order valence-corrected chi connectivity index (χ0v) is 16.8. The highest BCUT2D eigenvalue weighted by Gasteiger charge is 2.36. The van der Waals surface area contributed by atoms with Crippen LogP contribution in [-0.2, 0) is 11.8 Å². The normalized spacial score (nSPS) is 19.3. The second-order valence-electron chi connectivity index (χ2n) is 7.47. The standard InChI is InChI=1S/C23H25N3O3/c1-15-14-18(15)20-10-8-16(29-20)9-11-21(27)25-22(23-24-12-13-26(23)2)17-6-4-5-7-19(17)28-3/h4-13,15,18,22H,14H2,1-3H3,(H,25,27)/b11-9+. The predicted octanol–water partition coefficient (Wildman–Crippen LogP) is 4.06. The summed E-state index contributed by atoms with van der Waals surface area (Å²) in [5.74, 6) is 4.06. The topological polar surface area (TPSA) is 69.3 Å². The number of carbonyl (C=O) groups excluding carboxylic acids is 1. The summed E-state index contributed by atoms with van der Waals surface area (Å²) in [4.78, 5) is 17.1. The molecule has 0 aliphatic heterocycles. The fraction of sp³-hybridized carbons (Fsp3) is 0.304. The number of ether oxygens (including phenoxy) is 1. The largest absolute Gasteiger partial charge is 0.496 e. The Kier molecular flexibility index (Phi) is 5.25. The summed E-state index contributed by atoms with van der Waals surface area (Å²) < 4.78 is 13.2. The van der Waals surface area contributed by atoms with E-state index in [1.807, 2.05) is 54.2 Å². The summed E-state index contributed by atoms with van der Waals surface area (Å²) in [5, 5.41) is 3.04. The molecule has 1 N–H and O–H groups in total. The second-order valence-corrected chi connectivity index (χ2v) is 7.47. The molecule has 6 nitrogen and oxygen atoms in total. The van der Waals surface area contributed by atoms with Crippen LogP contribution >= 0.6 is 0 Å². The first kappa shape index (κ1) is 19.1. The van der Waals surface area contributed by atoms with E-state index in [0.717, 1.165) is 17.1 Å². The Morgan fingerprint density at radius 3 is 2.83 bits per heavy atom. The number of furan rings is 1. The van der Waals surface area contributed by atoms with E-state index in [-0.39, 0.29) is 5.91 Å². The van der Waals surface area contributed by atoms with Crippen molar-refractivity contribution in [2.45, 2.75) is 25.3 Å². The average Bonchev–Trinajstić information content (AvgIpc) is 3.09. The van der Waals surface area contributed by atoms with E-state index in [1.54, 1.807) is 19.4 Å². The highest BCUT2D eigenvalue weighted by molar-refractivity contribution is 5.91. The number of aromatic nitrogens is 2. The first-order valence-corrected chi connectivity index (χ1v) is 9.75. The van der Waals surface area contributed by atoms with Crippen LogP contribution < -0.4 is 10.1 Å². The van der Waals surface area contributed by atoms with Crippen molar-refractivity contribution in [2.24, 2.45) is 13.0 Å². The molecule has 29 heavy (non-hydrogen) atoms. The molecule has 1 aliphatic rings. The van der Waals surface area contributed by atoms with Gasteiger partial charge in [0.05, 0.1) is 7.11 Å². The quantitative estimate of drug-likeness (QED) is 0.617. The van der Waals surface area contributed by atoms with Gasteiger partial charge in [-0.2, -0.15) is 0 Å².